The Morgan fingerprint density at radius 2 is 1.89 bits per heavy atom. The topological polar surface area (TPSA) is 69.6 Å². The number of hydrogen-bond acceptors (Lipinski definition) is 5. The number of likely N-dealkylation sites (tertiary alicyclic amines) is 1. The molecule has 2 aliphatic heterocycles. The van der Waals surface area contributed by atoms with Crippen LogP contribution in [-0.2, 0) is 9.59 Å². The summed E-state index contributed by atoms with van der Waals surface area (Å²) in [7, 11) is 0. The summed E-state index contributed by atoms with van der Waals surface area (Å²) in [6.45, 7) is 4.12. The number of carbonyl (C=O) groups is 2. The molecule has 1 atom stereocenters. The van der Waals surface area contributed by atoms with Gasteiger partial charge in [-0.2, -0.15) is 0 Å². The van der Waals surface area contributed by atoms with Crippen LogP contribution < -0.4 is 4.90 Å². The number of rotatable bonds is 5. The zero-order valence-corrected chi connectivity index (χ0v) is 16.4. The number of aromatic nitrogens is 2. The van der Waals surface area contributed by atoms with Crippen molar-refractivity contribution in [2.45, 2.75) is 38.5 Å². The van der Waals surface area contributed by atoms with Crippen LogP contribution in [0.3, 0.4) is 0 Å². The van der Waals surface area contributed by atoms with Gasteiger partial charge in [0.2, 0.25) is 17.8 Å². The van der Waals surface area contributed by atoms with Crippen molar-refractivity contribution in [2.24, 2.45) is 5.92 Å². The molecule has 7 nitrogen and oxygen atoms in total. The normalized spacial score (nSPS) is 23.1. The fourth-order valence-corrected chi connectivity index (χ4v) is 4.40. The lowest BCUT2D eigenvalue weighted by molar-refractivity contribution is -0.136. The summed E-state index contributed by atoms with van der Waals surface area (Å²) in [6.07, 6.45) is 12.0. The number of amides is 2. The lowest BCUT2D eigenvalue weighted by Gasteiger charge is -2.35. The van der Waals surface area contributed by atoms with Gasteiger partial charge < -0.3 is 14.7 Å². The van der Waals surface area contributed by atoms with Crippen molar-refractivity contribution in [2.75, 3.05) is 44.2 Å². The number of carbonyl (C=O) groups excluding carboxylic acids is 2. The van der Waals surface area contributed by atoms with Crippen LogP contribution in [0.15, 0.2) is 30.1 Å². The zero-order valence-electron chi connectivity index (χ0n) is 16.4. The van der Waals surface area contributed by atoms with Gasteiger partial charge in [-0.1, -0.05) is 11.6 Å². The lowest BCUT2D eigenvalue weighted by atomic mass is 9.97. The van der Waals surface area contributed by atoms with E-state index in [1.165, 1.54) is 31.3 Å². The Morgan fingerprint density at radius 3 is 2.61 bits per heavy atom. The van der Waals surface area contributed by atoms with E-state index >= 15 is 0 Å². The van der Waals surface area contributed by atoms with Crippen LogP contribution in [0, 0.1) is 5.92 Å². The van der Waals surface area contributed by atoms with E-state index in [9.17, 15) is 9.59 Å². The molecule has 0 N–H and O–H groups in total. The molecule has 3 heterocycles. The monoisotopic (exact) mass is 383 g/mol. The summed E-state index contributed by atoms with van der Waals surface area (Å²) in [4.78, 5) is 39.8. The van der Waals surface area contributed by atoms with Crippen LogP contribution in [0.25, 0.3) is 0 Å². The largest absolute Gasteiger partial charge is 0.342 e. The van der Waals surface area contributed by atoms with Crippen LogP contribution in [0.4, 0.5) is 5.95 Å². The Bertz CT molecular complexity index is 728. The smallest absolute Gasteiger partial charge is 0.228 e. The first-order valence-corrected chi connectivity index (χ1v) is 10.5. The van der Waals surface area contributed by atoms with E-state index in [-0.39, 0.29) is 17.7 Å². The molecule has 28 heavy (non-hydrogen) atoms. The predicted octanol–water partition coefficient (Wildman–Crippen LogP) is 1.86. The minimum atomic E-state index is -0.188. The van der Waals surface area contributed by atoms with Crippen molar-refractivity contribution >= 4 is 17.8 Å². The average Bonchev–Trinajstić information content (AvgIpc) is 3.14. The molecule has 2 fully saturated rings. The zero-order chi connectivity index (χ0) is 19.3. The fourth-order valence-electron chi connectivity index (χ4n) is 4.40. The molecule has 7 heteroatoms. The molecule has 3 aliphatic rings. The maximum Gasteiger partial charge on any atom is 0.228 e. The van der Waals surface area contributed by atoms with E-state index in [0.29, 0.717) is 32.0 Å². The Hall–Kier alpha value is -2.44. The number of hydrogen-bond donors (Lipinski definition) is 0. The molecule has 0 aromatic carbocycles. The SMILES string of the molecule is O=C1CC(C(=O)N2CCN(c3ncccn3)CC2)CN1CCC1=CCCCC1. The van der Waals surface area contributed by atoms with Crippen molar-refractivity contribution in [3.8, 4) is 0 Å². The average molecular weight is 383 g/mol. The van der Waals surface area contributed by atoms with Gasteiger partial charge in [0.25, 0.3) is 0 Å². The summed E-state index contributed by atoms with van der Waals surface area (Å²) in [5.74, 6) is 0.786. The number of anilines is 1. The quantitative estimate of drug-likeness (QED) is 0.726. The third-order valence-electron chi connectivity index (χ3n) is 6.08. The Morgan fingerprint density at radius 1 is 1.11 bits per heavy atom. The van der Waals surface area contributed by atoms with E-state index < -0.39 is 0 Å². The van der Waals surface area contributed by atoms with E-state index in [0.717, 1.165) is 26.1 Å². The van der Waals surface area contributed by atoms with Crippen molar-refractivity contribution in [1.82, 2.24) is 19.8 Å². The van der Waals surface area contributed by atoms with Gasteiger partial charge in [0.1, 0.15) is 0 Å². The van der Waals surface area contributed by atoms with Crippen molar-refractivity contribution < 1.29 is 9.59 Å². The lowest BCUT2D eigenvalue weighted by Crippen LogP contribution is -2.51. The van der Waals surface area contributed by atoms with Gasteiger partial charge in [0, 0.05) is 58.1 Å². The van der Waals surface area contributed by atoms with Crippen LogP contribution in [0.2, 0.25) is 0 Å². The summed E-state index contributed by atoms with van der Waals surface area (Å²) in [6, 6.07) is 1.80. The summed E-state index contributed by atoms with van der Waals surface area (Å²) in [5, 5.41) is 0. The van der Waals surface area contributed by atoms with Gasteiger partial charge in [-0.3, -0.25) is 9.59 Å². The Kier molecular flexibility index (Phi) is 5.88. The van der Waals surface area contributed by atoms with Gasteiger partial charge in [0.15, 0.2) is 0 Å². The van der Waals surface area contributed by atoms with Gasteiger partial charge >= 0.3 is 0 Å². The van der Waals surface area contributed by atoms with Crippen LogP contribution in [0.1, 0.15) is 38.5 Å². The molecule has 1 aromatic heterocycles. The summed E-state index contributed by atoms with van der Waals surface area (Å²) < 4.78 is 0. The highest BCUT2D eigenvalue weighted by atomic mass is 16.2. The molecule has 0 saturated carbocycles. The van der Waals surface area contributed by atoms with Gasteiger partial charge in [0.05, 0.1) is 5.92 Å². The second kappa shape index (κ2) is 8.71. The molecule has 2 saturated heterocycles. The molecular formula is C21H29N5O2. The molecule has 1 unspecified atom stereocenters. The van der Waals surface area contributed by atoms with Crippen LogP contribution in [0.5, 0.6) is 0 Å². The van der Waals surface area contributed by atoms with E-state index in [1.54, 1.807) is 18.5 Å². The summed E-state index contributed by atoms with van der Waals surface area (Å²) >= 11 is 0. The second-order valence-corrected chi connectivity index (χ2v) is 7.96. The van der Waals surface area contributed by atoms with Crippen molar-refractivity contribution in [1.29, 1.82) is 0 Å². The van der Waals surface area contributed by atoms with E-state index in [1.807, 2.05) is 9.80 Å². The molecular weight excluding hydrogens is 354 g/mol. The minimum absolute atomic E-state index is 0.126. The standard InChI is InChI=1S/C21H29N5O2/c27-19-15-18(16-26(19)10-7-17-5-2-1-3-6-17)20(28)24-11-13-25(14-12-24)21-22-8-4-9-23-21/h4-5,8-9,18H,1-3,6-7,10-16H2. The van der Waals surface area contributed by atoms with Crippen LogP contribution in [-0.4, -0.2) is 70.9 Å². The first kappa shape index (κ1) is 18.9. The number of allylic oxidation sites excluding steroid dienone is 1. The highest BCUT2D eigenvalue weighted by molar-refractivity contribution is 5.89. The molecule has 1 aliphatic carbocycles. The Balaban J connectivity index is 1.26. The summed E-state index contributed by atoms with van der Waals surface area (Å²) in [5.41, 5.74) is 1.48. The van der Waals surface area contributed by atoms with Gasteiger partial charge in [-0.15, -0.1) is 0 Å². The molecule has 2 amide bonds. The fraction of sp³-hybridized carbons (Fsp3) is 0.619. The molecule has 1 aromatic rings. The first-order chi connectivity index (χ1) is 13.7. The predicted molar refractivity (Wildman–Crippen MR) is 107 cm³/mol. The number of nitrogens with zero attached hydrogens (tertiary/aromatic N) is 5. The maximum atomic E-state index is 12.9. The highest BCUT2D eigenvalue weighted by Crippen LogP contribution is 2.25. The number of piperazine rings is 1. The molecule has 150 valence electrons. The minimum Gasteiger partial charge on any atom is -0.342 e. The van der Waals surface area contributed by atoms with Crippen molar-refractivity contribution in [3.05, 3.63) is 30.1 Å². The second-order valence-electron chi connectivity index (χ2n) is 7.96. The van der Waals surface area contributed by atoms with E-state index in [2.05, 4.69) is 20.9 Å². The first-order valence-electron chi connectivity index (χ1n) is 10.5. The molecule has 0 spiro atoms. The maximum absolute atomic E-state index is 12.9. The molecule has 0 bridgehead atoms. The van der Waals surface area contributed by atoms with E-state index in [4.69, 9.17) is 0 Å². The van der Waals surface area contributed by atoms with Gasteiger partial charge in [-0.25, -0.2) is 9.97 Å². The van der Waals surface area contributed by atoms with Crippen LogP contribution >= 0.6 is 0 Å². The molecule has 0 radical (unpaired) electrons. The van der Waals surface area contributed by atoms with Crippen molar-refractivity contribution in [3.63, 3.8) is 0 Å². The third-order valence-corrected chi connectivity index (χ3v) is 6.08. The van der Waals surface area contributed by atoms with Gasteiger partial charge in [-0.05, 0) is 38.2 Å². The highest BCUT2D eigenvalue weighted by Gasteiger charge is 2.37. The molecule has 4 rings (SSSR count). The third kappa shape index (κ3) is 4.34. The Labute approximate surface area is 166 Å².